The van der Waals surface area contributed by atoms with E-state index >= 15 is 0 Å². The van der Waals surface area contributed by atoms with E-state index in [1.807, 2.05) is 0 Å². The molecular weight excluding hydrogens is 301 g/mol. The summed E-state index contributed by atoms with van der Waals surface area (Å²) in [6, 6.07) is 4.13. The predicted octanol–water partition coefficient (Wildman–Crippen LogP) is 3.32. The van der Waals surface area contributed by atoms with Crippen LogP contribution in [-0.4, -0.2) is 17.7 Å². The lowest BCUT2D eigenvalue weighted by atomic mass is 9.99. The Labute approximate surface area is 124 Å². The Morgan fingerprint density at radius 2 is 1.45 bits per heavy atom. The highest BCUT2D eigenvalue weighted by molar-refractivity contribution is 6.20. The minimum absolute atomic E-state index is 0.194. The molecule has 0 radical (unpaired) electrons. The highest BCUT2D eigenvalue weighted by atomic mass is 19.4. The zero-order valence-electron chi connectivity index (χ0n) is 12.1. The fourth-order valence-electron chi connectivity index (χ4n) is 2.01. The lowest BCUT2D eigenvalue weighted by Crippen LogP contribution is -2.42. The second kappa shape index (κ2) is 5.15. The van der Waals surface area contributed by atoms with Crippen molar-refractivity contribution in [3.63, 3.8) is 0 Å². The smallest absolute Gasteiger partial charge is 0.416 e. The Bertz CT molecular complexity index is 632. The molecule has 1 aromatic carbocycles. The molecule has 1 aliphatic heterocycles. The number of esters is 2. The number of alkyl halides is 3. The topological polar surface area (TPSA) is 52.6 Å². The second-order valence-corrected chi connectivity index (χ2v) is 5.25. The van der Waals surface area contributed by atoms with Gasteiger partial charge in [-0.05, 0) is 30.2 Å². The van der Waals surface area contributed by atoms with Crippen molar-refractivity contribution in [2.24, 2.45) is 0 Å². The molecule has 0 atom stereocenters. The number of ether oxygens (including phenoxy) is 2. The number of cyclic esters (lactones) is 2. The number of hydrogen-bond acceptors (Lipinski definition) is 4. The molecule has 1 saturated heterocycles. The molecule has 0 amide bonds. The molecule has 118 valence electrons. The van der Waals surface area contributed by atoms with E-state index in [1.54, 1.807) is 0 Å². The zero-order chi connectivity index (χ0) is 16.7. The first-order chi connectivity index (χ1) is 10.0. The quantitative estimate of drug-likeness (QED) is 0.453. The molecule has 1 aliphatic rings. The number of halogens is 3. The van der Waals surface area contributed by atoms with Gasteiger partial charge in [-0.3, -0.25) is 0 Å². The van der Waals surface area contributed by atoms with E-state index in [1.165, 1.54) is 32.9 Å². The molecule has 0 unspecified atom stereocenters. The van der Waals surface area contributed by atoms with Crippen LogP contribution in [0.2, 0.25) is 0 Å². The van der Waals surface area contributed by atoms with Crippen molar-refractivity contribution < 1.29 is 32.2 Å². The van der Waals surface area contributed by atoms with Crippen molar-refractivity contribution in [2.75, 3.05) is 0 Å². The fraction of sp³-hybridized carbons (Fsp3) is 0.333. The number of carbonyl (C=O) groups excluding carboxylic acids is 2. The van der Waals surface area contributed by atoms with Crippen LogP contribution in [0.3, 0.4) is 0 Å². The maximum absolute atomic E-state index is 12.5. The molecule has 22 heavy (non-hydrogen) atoms. The molecule has 0 spiro atoms. The van der Waals surface area contributed by atoms with E-state index in [2.05, 4.69) is 0 Å². The Morgan fingerprint density at radius 3 is 1.86 bits per heavy atom. The molecule has 4 nitrogen and oxygen atoms in total. The van der Waals surface area contributed by atoms with Gasteiger partial charge in [0.25, 0.3) is 5.79 Å². The Morgan fingerprint density at radius 1 is 1.00 bits per heavy atom. The van der Waals surface area contributed by atoms with Gasteiger partial charge in [-0.25, -0.2) is 9.59 Å². The summed E-state index contributed by atoms with van der Waals surface area (Å²) in [5, 5.41) is 0. The summed E-state index contributed by atoms with van der Waals surface area (Å²) in [4.78, 5) is 23.8. The van der Waals surface area contributed by atoms with Crippen LogP contribution in [0.15, 0.2) is 29.8 Å². The number of allylic oxidation sites excluding steroid dienone is 1. The summed E-state index contributed by atoms with van der Waals surface area (Å²) >= 11 is 0. The van der Waals surface area contributed by atoms with Crippen molar-refractivity contribution >= 4 is 17.5 Å². The van der Waals surface area contributed by atoms with Gasteiger partial charge in [-0.15, -0.1) is 0 Å². The Kier molecular flexibility index (Phi) is 3.76. The van der Waals surface area contributed by atoms with E-state index < -0.39 is 29.5 Å². The monoisotopic (exact) mass is 314 g/mol. The fourth-order valence-corrected chi connectivity index (χ4v) is 2.01. The molecular formula is C15H13F3O4. The Hall–Kier alpha value is -2.31. The zero-order valence-corrected chi connectivity index (χ0v) is 12.1. The van der Waals surface area contributed by atoms with E-state index in [4.69, 9.17) is 9.47 Å². The SMILES string of the molecule is CC(=C1C(=O)OC(C)(C)OC1=O)c1ccc(C(F)(F)F)cc1. The van der Waals surface area contributed by atoms with Crippen LogP contribution in [0, 0.1) is 0 Å². The summed E-state index contributed by atoms with van der Waals surface area (Å²) < 4.78 is 47.5. The van der Waals surface area contributed by atoms with Gasteiger partial charge in [0.1, 0.15) is 5.57 Å². The highest BCUT2D eigenvalue weighted by Crippen LogP contribution is 2.32. The molecule has 7 heteroatoms. The first kappa shape index (κ1) is 16.1. The number of rotatable bonds is 1. The summed E-state index contributed by atoms with van der Waals surface area (Å²) in [5.41, 5.74) is -0.640. The van der Waals surface area contributed by atoms with Gasteiger partial charge in [0.15, 0.2) is 0 Å². The van der Waals surface area contributed by atoms with Crippen molar-refractivity contribution in [1.29, 1.82) is 0 Å². The predicted molar refractivity (Wildman–Crippen MR) is 70.3 cm³/mol. The van der Waals surface area contributed by atoms with Crippen LogP contribution in [0.4, 0.5) is 13.2 Å². The third-order valence-electron chi connectivity index (χ3n) is 3.11. The third-order valence-corrected chi connectivity index (χ3v) is 3.11. The molecule has 0 saturated carbocycles. The van der Waals surface area contributed by atoms with Crippen LogP contribution in [0.25, 0.3) is 5.57 Å². The Balaban J connectivity index is 2.40. The lowest BCUT2D eigenvalue weighted by molar-refractivity contribution is -0.222. The van der Waals surface area contributed by atoms with Crippen LogP contribution >= 0.6 is 0 Å². The maximum Gasteiger partial charge on any atom is 0.416 e. The number of benzene rings is 1. The average Bonchev–Trinajstić information content (AvgIpc) is 2.35. The second-order valence-electron chi connectivity index (χ2n) is 5.25. The van der Waals surface area contributed by atoms with Crippen molar-refractivity contribution in [3.8, 4) is 0 Å². The van der Waals surface area contributed by atoms with Crippen molar-refractivity contribution in [3.05, 3.63) is 41.0 Å². The van der Waals surface area contributed by atoms with Crippen LogP contribution in [0.1, 0.15) is 31.9 Å². The summed E-state index contributed by atoms with van der Waals surface area (Å²) in [6.07, 6.45) is -4.45. The molecule has 1 fully saturated rings. The number of carbonyl (C=O) groups is 2. The summed E-state index contributed by atoms with van der Waals surface area (Å²) in [6.45, 7) is 4.26. The van der Waals surface area contributed by atoms with Gasteiger partial charge < -0.3 is 9.47 Å². The molecule has 2 rings (SSSR count). The largest absolute Gasteiger partial charge is 0.419 e. The molecule has 1 aromatic rings. The normalized spacial score (nSPS) is 17.8. The lowest BCUT2D eigenvalue weighted by Gasteiger charge is -2.30. The van der Waals surface area contributed by atoms with Gasteiger partial charge in [0, 0.05) is 13.8 Å². The van der Waals surface area contributed by atoms with Gasteiger partial charge in [0.05, 0.1) is 5.56 Å². The summed E-state index contributed by atoms with van der Waals surface area (Å²) in [7, 11) is 0. The van der Waals surface area contributed by atoms with Crippen molar-refractivity contribution in [1.82, 2.24) is 0 Å². The number of hydrogen-bond donors (Lipinski definition) is 0. The van der Waals surface area contributed by atoms with Crippen molar-refractivity contribution in [2.45, 2.75) is 32.7 Å². The maximum atomic E-state index is 12.5. The average molecular weight is 314 g/mol. The van der Waals surface area contributed by atoms with E-state index in [0.29, 0.717) is 5.56 Å². The molecule has 1 heterocycles. The molecule has 0 aliphatic carbocycles. The molecule has 0 aromatic heterocycles. The van der Waals surface area contributed by atoms with Crippen LogP contribution < -0.4 is 0 Å². The van der Waals surface area contributed by atoms with Gasteiger partial charge >= 0.3 is 18.1 Å². The minimum atomic E-state index is -4.45. The van der Waals surface area contributed by atoms with E-state index in [9.17, 15) is 22.8 Å². The highest BCUT2D eigenvalue weighted by Gasteiger charge is 2.40. The van der Waals surface area contributed by atoms with E-state index in [0.717, 1.165) is 12.1 Å². The minimum Gasteiger partial charge on any atom is -0.419 e. The molecule has 0 N–H and O–H groups in total. The first-order valence-corrected chi connectivity index (χ1v) is 6.36. The van der Waals surface area contributed by atoms with Crippen LogP contribution in [0.5, 0.6) is 0 Å². The molecule has 0 bridgehead atoms. The van der Waals surface area contributed by atoms with Gasteiger partial charge in [-0.2, -0.15) is 13.2 Å². The standard InChI is InChI=1S/C15H13F3O4/c1-8(9-4-6-10(7-5-9)15(16,17)18)11-12(19)21-14(2,3)22-13(11)20/h4-7H,1-3H3. The van der Waals surface area contributed by atoms with Gasteiger partial charge in [0.2, 0.25) is 0 Å². The van der Waals surface area contributed by atoms with Gasteiger partial charge in [-0.1, -0.05) is 12.1 Å². The first-order valence-electron chi connectivity index (χ1n) is 6.36. The third kappa shape index (κ3) is 3.13. The van der Waals surface area contributed by atoms with E-state index in [-0.39, 0.29) is 11.1 Å². The summed E-state index contributed by atoms with van der Waals surface area (Å²) in [5.74, 6) is -3.09. The van der Waals surface area contributed by atoms with Crippen LogP contribution in [-0.2, 0) is 25.2 Å².